The fraction of sp³-hybridized carbons (Fsp3) is 0.462. The van der Waals surface area contributed by atoms with E-state index >= 15 is 0 Å². The van der Waals surface area contributed by atoms with Crippen molar-refractivity contribution in [3.8, 4) is 11.3 Å². The molecule has 2 saturated carbocycles. The Morgan fingerprint density at radius 2 is 1.75 bits per heavy atom. The van der Waals surface area contributed by atoms with Crippen molar-refractivity contribution in [3.05, 3.63) is 52.1 Å². The molecule has 32 heavy (non-hydrogen) atoms. The Morgan fingerprint density at radius 1 is 1.00 bits per heavy atom. The summed E-state index contributed by atoms with van der Waals surface area (Å²) in [5, 5.41) is 1.58. The summed E-state index contributed by atoms with van der Waals surface area (Å²) in [6.45, 7) is 0. The molecule has 2 heterocycles. The van der Waals surface area contributed by atoms with Gasteiger partial charge in [-0.05, 0) is 61.7 Å². The number of carbonyl (C=O) groups excluding carboxylic acids is 1. The van der Waals surface area contributed by atoms with E-state index in [2.05, 4.69) is 0 Å². The molecule has 0 radical (unpaired) electrons. The lowest BCUT2D eigenvalue weighted by molar-refractivity contribution is -0.124. The Balaban J connectivity index is 1.42. The van der Waals surface area contributed by atoms with E-state index in [1.54, 1.807) is 0 Å². The minimum Gasteiger partial charge on any atom is -0.457 e. The maximum Gasteiger partial charge on any atom is 0.267 e. The first-order valence-corrected chi connectivity index (χ1v) is 13.0. The van der Waals surface area contributed by atoms with Crippen molar-refractivity contribution >= 4 is 40.5 Å². The molecular weight excluding hydrogens is 440 g/mol. The molecular formula is C26H29ClN2O2S. The summed E-state index contributed by atoms with van der Waals surface area (Å²) in [6, 6.07) is 12.1. The number of aliphatic imine (C=N–C) groups is 1. The van der Waals surface area contributed by atoms with Crippen LogP contribution in [0.2, 0.25) is 5.02 Å². The Morgan fingerprint density at radius 3 is 2.50 bits per heavy atom. The van der Waals surface area contributed by atoms with Gasteiger partial charge in [0.05, 0.1) is 10.9 Å². The minimum atomic E-state index is 0.0807. The van der Waals surface area contributed by atoms with Gasteiger partial charge in [-0.2, -0.15) is 0 Å². The lowest BCUT2D eigenvalue weighted by atomic mass is 9.94. The molecule has 0 atom stereocenters. The van der Waals surface area contributed by atoms with E-state index in [0.29, 0.717) is 21.7 Å². The second kappa shape index (κ2) is 9.88. The summed E-state index contributed by atoms with van der Waals surface area (Å²) in [6.07, 6.45) is 13.7. The van der Waals surface area contributed by atoms with Gasteiger partial charge in [-0.3, -0.25) is 14.7 Å². The number of nitrogens with zero attached hydrogens (tertiary/aromatic N) is 2. The zero-order chi connectivity index (χ0) is 21.9. The highest BCUT2D eigenvalue weighted by molar-refractivity contribution is 8.18. The van der Waals surface area contributed by atoms with Crippen molar-refractivity contribution in [3.63, 3.8) is 0 Å². The molecule has 6 heteroatoms. The summed E-state index contributed by atoms with van der Waals surface area (Å²) in [7, 11) is 0. The number of amidine groups is 1. The number of rotatable bonds is 4. The van der Waals surface area contributed by atoms with Gasteiger partial charge in [-0.25, -0.2) is 0 Å². The number of benzene rings is 1. The van der Waals surface area contributed by atoms with E-state index in [4.69, 9.17) is 21.0 Å². The molecule has 5 rings (SSSR count). The molecule has 0 unspecified atom stereocenters. The van der Waals surface area contributed by atoms with Gasteiger partial charge in [0.25, 0.3) is 5.91 Å². The third-order valence-corrected chi connectivity index (χ3v) is 7.89. The second-order valence-corrected chi connectivity index (χ2v) is 10.4. The second-order valence-electron chi connectivity index (χ2n) is 8.99. The van der Waals surface area contributed by atoms with E-state index in [9.17, 15) is 4.79 Å². The number of thioether (sulfide) groups is 1. The average molecular weight is 469 g/mol. The van der Waals surface area contributed by atoms with E-state index in [1.807, 2.05) is 47.4 Å². The topological polar surface area (TPSA) is 45.8 Å². The van der Waals surface area contributed by atoms with Crippen molar-refractivity contribution in [2.45, 2.75) is 76.3 Å². The molecule has 1 aromatic heterocycles. The third kappa shape index (κ3) is 4.84. The summed E-state index contributed by atoms with van der Waals surface area (Å²) in [5.41, 5.74) is 0.927. The van der Waals surface area contributed by atoms with Crippen molar-refractivity contribution in [2.24, 2.45) is 4.99 Å². The first kappa shape index (κ1) is 21.8. The lowest BCUT2D eigenvalue weighted by Crippen LogP contribution is -2.41. The SMILES string of the molecule is O=C1C(=Cc2ccc(-c3cccc(Cl)c3)o2)SC(=NC2CCCCC2)N1C1CCCCC1. The molecule has 0 N–H and O–H groups in total. The lowest BCUT2D eigenvalue weighted by Gasteiger charge is -2.31. The van der Waals surface area contributed by atoms with Crippen molar-refractivity contribution in [1.82, 2.24) is 4.90 Å². The van der Waals surface area contributed by atoms with Gasteiger partial charge in [0.2, 0.25) is 0 Å². The number of furan rings is 1. The average Bonchev–Trinajstić information content (AvgIpc) is 3.40. The Bertz CT molecular complexity index is 1030. The zero-order valence-electron chi connectivity index (χ0n) is 18.3. The monoisotopic (exact) mass is 468 g/mol. The fourth-order valence-electron chi connectivity index (χ4n) is 4.96. The maximum absolute atomic E-state index is 13.5. The molecule has 4 nitrogen and oxygen atoms in total. The van der Waals surface area contributed by atoms with Gasteiger partial charge in [-0.1, -0.05) is 62.3 Å². The van der Waals surface area contributed by atoms with Crippen molar-refractivity contribution < 1.29 is 9.21 Å². The smallest absolute Gasteiger partial charge is 0.267 e. The highest BCUT2D eigenvalue weighted by atomic mass is 35.5. The van der Waals surface area contributed by atoms with Crippen LogP contribution in [0.1, 0.15) is 70.0 Å². The van der Waals surface area contributed by atoms with E-state index in [0.717, 1.165) is 42.2 Å². The highest BCUT2D eigenvalue weighted by Crippen LogP contribution is 2.39. The van der Waals surface area contributed by atoms with Crippen LogP contribution in [0, 0.1) is 0 Å². The van der Waals surface area contributed by atoms with Crippen molar-refractivity contribution in [1.29, 1.82) is 0 Å². The molecule has 1 aromatic carbocycles. The predicted octanol–water partition coefficient (Wildman–Crippen LogP) is 7.54. The molecule has 2 aromatic rings. The Kier molecular flexibility index (Phi) is 6.74. The third-order valence-electron chi connectivity index (χ3n) is 6.65. The van der Waals surface area contributed by atoms with Gasteiger partial charge in [-0.15, -0.1) is 0 Å². The number of amides is 1. The summed E-state index contributed by atoms with van der Waals surface area (Å²) in [4.78, 5) is 21.3. The Hall–Kier alpha value is -1.98. The van der Waals surface area contributed by atoms with Crippen LogP contribution in [-0.4, -0.2) is 28.1 Å². The molecule has 3 fully saturated rings. The number of hydrogen-bond acceptors (Lipinski definition) is 4. The van der Waals surface area contributed by atoms with Gasteiger partial charge >= 0.3 is 0 Å². The maximum atomic E-state index is 13.5. The van der Waals surface area contributed by atoms with Gasteiger partial charge in [0, 0.05) is 22.7 Å². The van der Waals surface area contributed by atoms with Crippen molar-refractivity contribution in [2.75, 3.05) is 0 Å². The largest absolute Gasteiger partial charge is 0.457 e. The zero-order valence-corrected chi connectivity index (χ0v) is 19.8. The normalized spacial score (nSPS) is 23.5. The van der Waals surface area contributed by atoms with E-state index in [1.165, 1.54) is 50.3 Å². The highest BCUT2D eigenvalue weighted by Gasteiger charge is 2.39. The Labute approximate surface area is 199 Å². The predicted molar refractivity (Wildman–Crippen MR) is 133 cm³/mol. The van der Waals surface area contributed by atoms with Crippen LogP contribution in [-0.2, 0) is 4.79 Å². The number of hydrogen-bond donors (Lipinski definition) is 0. The van der Waals surface area contributed by atoms with E-state index in [-0.39, 0.29) is 11.9 Å². The molecule has 0 spiro atoms. The molecule has 2 aliphatic carbocycles. The molecule has 3 aliphatic rings. The first-order chi connectivity index (χ1) is 15.7. The van der Waals surface area contributed by atoms with Crippen LogP contribution in [0.5, 0.6) is 0 Å². The van der Waals surface area contributed by atoms with Crippen LogP contribution in [0.25, 0.3) is 17.4 Å². The van der Waals surface area contributed by atoms with Crippen LogP contribution in [0.4, 0.5) is 0 Å². The van der Waals surface area contributed by atoms with Gasteiger partial charge in [0.1, 0.15) is 11.5 Å². The summed E-state index contributed by atoms with van der Waals surface area (Å²) >= 11 is 7.65. The molecule has 1 saturated heterocycles. The minimum absolute atomic E-state index is 0.0807. The quantitative estimate of drug-likeness (QED) is 0.435. The number of halogens is 1. The summed E-state index contributed by atoms with van der Waals surface area (Å²) < 4.78 is 6.04. The standard InChI is InChI=1S/C26H29ClN2O2S/c27-19-9-7-8-18(16-19)23-15-14-22(31-23)17-24-25(30)29(21-12-5-2-6-13-21)26(32-24)28-20-10-3-1-4-11-20/h7-9,14-17,20-21H,1-6,10-13H2. The van der Waals surface area contributed by atoms with Crippen LogP contribution in [0.3, 0.4) is 0 Å². The van der Waals surface area contributed by atoms with Gasteiger partial charge in [0.15, 0.2) is 5.17 Å². The first-order valence-electron chi connectivity index (χ1n) is 11.8. The summed E-state index contributed by atoms with van der Waals surface area (Å²) in [5.74, 6) is 1.51. The van der Waals surface area contributed by atoms with Crippen LogP contribution >= 0.6 is 23.4 Å². The molecule has 1 amide bonds. The molecule has 168 valence electrons. The van der Waals surface area contributed by atoms with E-state index < -0.39 is 0 Å². The molecule has 0 bridgehead atoms. The number of carbonyl (C=O) groups is 1. The molecule has 1 aliphatic heterocycles. The van der Waals surface area contributed by atoms with Gasteiger partial charge < -0.3 is 4.42 Å². The fourth-order valence-corrected chi connectivity index (χ4v) is 6.24. The van der Waals surface area contributed by atoms with Crippen LogP contribution in [0.15, 0.2) is 50.7 Å². The van der Waals surface area contributed by atoms with Crippen LogP contribution < -0.4 is 0 Å².